The summed E-state index contributed by atoms with van der Waals surface area (Å²) in [4.78, 5) is 14.5. The van der Waals surface area contributed by atoms with E-state index in [4.69, 9.17) is 9.47 Å². The van der Waals surface area contributed by atoms with Gasteiger partial charge in [0.2, 0.25) is 0 Å². The van der Waals surface area contributed by atoms with Crippen molar-refractivity contribution in [3.05, 3.63) is 48.7 Å². The number of halogens is 1. The molecule has 25 heavy (non-hydrogen) atoms. The topological polar surface area (TPSA) is 95.5 Å². The molecule has 9 nitrogen and oxygen atoms in total. The van der Waals surface area contributed by atoms with E-state index in [1.165, 1.54) is 35.7 Å². The highest BCUT2D eigenvalue weighted by atomic mass is 19.1. The van der Waals surface area contributed by atoms with Crippen molar-refractivity contribution in [2.24, 2.45) is 0 Å². The van der Waals surface area contributed by atoms with E-state index >= 15 is 0 Å². The Kier molecular flexibility index (Phi) is 3.77. The highest BCUT2D eigenvalue weighted by Gasteiger charge is 2.33. The number of rotatable bonds is 5. The van der Waals surface area contributed by atoms with E-state index in [1.54, 1.807) is 12.1 Å². The molecule has 0 spiro atoms. The average Bonchev–Trinajstić information content (AvgIpc) is 3.35. The molecule has 0 aliphatic carbocycles. The third-order valence-electron chi connectivity index (χ3n) is 3.58. The summed E-state index contributed by atoms with van der Waals surface area (Å²) < 4.78 is 29.5. The molecular formula is C15H12FN5O4. The van der Waals surface area contributed by atoms with E-state index in [-0.39, 0.29) is 18.8 Å². The lowest BCUT2D eigenvalue weighted by atomic mass is 10.2. The van der Waals surface area contributed by atoms with Crippen molar-refractivity contribution < 1.29 is 23.2 Å². The predicted molar refractivity (Wildman–Crippen MR) is 80.9 cm³/mol. The molecule has 0 saturated carbocycles. The molecule has 0 bridgehead atoms. The molecule has 1 aromatic carbocycles. The van der Waals surface area contributed by atoms with E-state index < -0.39 is 18.0 Å². The highest BCUT2D eigenvalue weighted by Crippen LogP contribution is 2.25. The van der Waals surface area contributed by atoms with Crippen molar-refractivity contribution in [2.75, 3.05) is 18.1 Å². The highest BCUT2D eigenvalue weighted by molar-refractivity contribution is 5.89. The number of ether oxygens (including phenoxy) is 2. The first kappa shape index (κ1) is 15.1. The maximum absolute atomic E-state index is 14.3. The van der Waals surface area contributed by atoms with Gasteiger partial charge in [-0.3, -0.25) is 4.90 Å². The van der Waals surface area contributed by atoms with Crippen LogP contribution in [0.5, 0.6) is 5.88 Å². The molecule has 10 heteroatoms. The van der Waals surface area contributed by atoms with Gasteiger partial charge in [-0.05, 0) is 17.3 Å². The van der Waals surface area contributed by atoms with Gasteiger partial charge >= 0.3 is 6.09 Å². The van der Waals surface area contributed by atoms with Gasteiger partial charge in [0.05, 0.1) is 24.6 Å². The van der Waals surface area contributed by atoms with Gasteiger partial charge in [0.1, 0.15) is 18.6 Å². The zero-order chi connectivity index (χ0) is 17.2. The molecule has 2 aromatic heterocycles. The number of carbonyl (C=O) groups excluding carboxylic acids is 1. The summed E-state index contributed by atoms with van der Waals surface area (Å²) in [5.74, 6) is -0.250. The van der Waals surface area contributed by atoms with Crippen LogP contribution in [0.1, 0.15) is 0 Å². The summed E-state index contributed by atoms with van der Waals surface area (Å²) in [6.07, 6.45) is 3.20. The van der Waals surface area contributed by atoms with Gasteiger partial charge in [-0.1, -0.05) is 0 Å². The van der Waals surface area contributed by atoms with Crippen LogP contribution in [0.2, 0.25) is 0 Å². The van der Waals surface area contributed by atoms with Crippen LogP contribution in [0.4, 0.5) is 14.9 Å². The number of nitrogens with zero attached hydrogens (tertiary/aromatic N) is 5. The molecule has 3 aromatic rings. The Hall–Kier alpha value is -3.43. The Bertz CT molecular complexity index is 868. The normalized spacial score (nSPS) is 16.9. The lowest BCUT2D eigenvalue weighted by Gasteiger charge is -2.14. The zero-order valence-corrected chi connectivity index (χ0v) is 12.8. The Morgan fingerprint density at radius 3 is 2.84 bits per heavy atom. The molecule has 4 rings (SSSR count). The third kappa shape index (κ3) is 3.01. The van der Waals surface area contributed by atoms with E-state index in [0.717, 1.165) is 4.80 Å². The SMILES string of the molecule is O=C1O[C@@H](COc2ccon2)CN1c1ccc(-n2nccn2)c(F)c1. The largest absolute Gasteiger partial charge is 0.471 e. The summed E-state index contributed by atoms with van der Waals surface area (Å²) in [5, 5.41) is 11.4. The minimum Gasteiger partial charge on any atom is -0.471 e. The second-order valence-electron chi connectivity index (χ2n) is 5.22. The number of amides is 1. The van der Waals surface area contributed by atoms with Crippen molar-refractivity contribution >= 4 is 11.8 Å². The quantitative estimate of drug-likeness (QED) is 0.696. The molecule has 128 valence electrons. The lowest BCUT2D eigenvalue weighted by molar-refractivity contribution is 0.102. The Balaban J connectivity index is 1.46. The predicted octanol–water partition coefficient (Wildman–Crippen LogP) is 1.80. The molecule has 1 atom stereocenters. The first-order valence-electron chi connectivity index (χ1n) is 7.38. The first-order valence-corrected chi connectivity index (χ1v) is 7.38. The number of carbonyl (C=O) groups is 1. The number of cyclic esters (lactones) is 1. The van der Waals surface area contributed by atoms with Gasteiger partial charge < -0.3 is 14.0 Å². The summed E-state index contributed by atoms with van der Waals surface area (Å²) in [6.45, 7) is 0.349. The fourth-order valence-electron chi connectivity index (χ4n) is 2.44. The molecular weight excluding hydrogens is 333 g/mol. The smallest absolute Gasteiger partial charge is 0.414 e. The van der Waals surface area contributed by atoms with E-state index in [9.17, 15) is 9.18 Å². The average molecular weight is 345 g/mol. The second kappa shape index (κ2) is 6.23. The maximum atomic E-state index is 14.3. The van der Waals surface area contributed by atoms with Crippen LogP contribution < -0.4 is 9.64 Å². The number of aromatic nitrogens is 4. The summed E-state index contributed by atoms with van der Waals surface area (Å²) in [6, 6.07) is 5.88. The van der Waals surface area contributed by atoms with Crippen LogP contribution in [0, 0.1) is 5.82 Å². The van der Waals surface area contributed by atoms with Crippen molar-refractivity contribution in [2.45, 2.75) is 6.10 Å². The van der Waals surface area contributed by atoms with E-state index in [1.807, 2.05) is 0 Å². The molecule has 0 N–H and O–H groups in total. The maximum Gasteiger partial charge on any atom is 0.414 e. The van der Waals surface area contributed by atoms with Gasteiger partial charge in [-0.15, -0.1) is 4.80 Å². The van der Waals surface area contributed by atoms with Crippen molar-refractivity contribution in [1.29, 1.82) is 0 Å². The number of benzene rings is 1. The summed E-state index contributed by atoms with van der Waals surface area (Å²) >= 11 is 0. The van der Waals surface area contributed by atoms with Gasteiger partial charge in [-0.2, -0.15) is 10.2 Å². The minimum absolute atomic E-state index is 0.118. The van der Waals surface area contributed by atoms with Crippen LogP contribution in [-0.2, 0) is 4.74 Å². The zero-order valence-electron chi connectivity index (χ0n) is 12.8. The third-order valence-corrected chi connectivity index (χ3v) is 3.58. The fraction of sp³-hybridized carbons (Fsp3) is 0.200. The lowest BCUT2D eigenvalue weighted by Crippen LogP contribution is -2.26. The minimum atomic E-state index is -0.571. The van der Waals surface area contributed by atoms with Crippen molar-refractivity contribution in [3.63, 3.8) is 0 Å². The van der Waals surface area contributed by atoms with Crippen LogP contribution >= 0.6 is 0 Å². The fourth-order valence-corrected chi connectivity index (χ4v) is 2.44. The van der Waals surface area contributed by atoms with Crippen molar-refractivity contribution in [3.8, 4) is 11.6 Å². The number of hydrogen-bond acceptors (Lipinski definition) is 7. The molecule has 0 unspecified atom stereocenters. The van der Waals surface area contributed by atoms with Crippen LogP contribution in [0.3, 0.4) is 0 Å². The van der Waals surface area contributed by atoms with Crippen molar-refractivity contribution in [1.82, 2.24) is 20.2 Å². The summed E-state index contributed by atoms with van der Waals surface area (Å²) in [5.41, 5.74) is 0.564. The standard InChI is InChI=1S/C15H12FN5O4/c16-12-7-10(1-2-13(12)21-17-4-5-18-21)20-8-11(25-15(20)22)9-23-14-3-6-24-19-14/h1-7,11H,8-9H2/t11-/m1/s1. The number of hydrogen-bond donors (Lipinski definition) is 0. The second-order valence-corrected chi connectivity index (χ2v) is 5.22. The van der Waals surface area contributed by atoms with Crippen LogP contribution in [-0.4, -0.2) is 45.5 Å². The Labute approximate surface area is 140 Å². The van der Waals surface area contributed by atoms with Crippen LogP contribution in [0.15, 0.2) is 47.4 Å². The monoisotopic (exact) mass is 345 g/mol. The Morgan fingerprint density at radius 2 is 2.12 bits per heavy atom. The van der Waals surface area contributed by atoms with Crippen LogP contribution in [0.25, 0.3) is 5.69 Å². The van der Waals surface area contributed by atoms with Gasteiger partial charge in [0.15, 0.2) is 11.9 Å². The molecule has 1 aliphatic rings. The molecule has 1 saturated heterocycles. The molecule has 1 fully saturated rings. The summed E-state index contributed by atoms with van der Waals surface area (Å²) in [7, 11) is 0. The molecule has 3 heterocycles. The van der Waals surface area contributed by atoms with Gasteiger partial charge in [0.25, 0.3) is 5.88 Å². The molecule has 0 radical (unpaired) electrons. The van der Waals surface area contributed by atoms with Gasteiger partial charge in [0, 0.05) is 12.1 Å². The van der Waals surface area contributed by atoms with E-state index in [0.29, 0.717) is 11.6 Å². The Morgan fingerprint density at radius 1 is 1.28 bits per heavy atom. The van der Waals surface area contributed by atoms with E-state index in [2.05, 4.69) is 19.9 Å². The van der Waals surface area contributed by atoms with Gasteiger partial charge in [-0.25, -0.2) is 9.18 Å². The molecule has 1 aliphatic heterocycles. The molecule has 1 amide bonds. The first-order chi connectivity index (χ1) is 12.2. The number of anilines is 1.